The predicted molar refractivity (Wildman–Crippen MR) is 148 cm³/mol. The monoisotopic (exact) mass is 548 g/mol. The lowest BCUT2D eigenvalue weighted by Gasteiger charge is -2.18. The number of halogens is 1. The van der Waals surface area contributed by atoms with Gasteiger partial charge in [-0.25, -0.2) is 4.39 Å². The van der Waals surface area contributed by atoms with E-state index in [1.54, 1.807) is 25.4 Å². The van der Waals surface area contributed by atoms with Crippen molar-refractivity contribution in [2.45, 2.75) is 45.1 Å². The van der Waals surface area contributed by atoms with E-state index in [4.69, 9.17) is 4.74 Å². The number of unbranched alkanes of at least 4 members (excludes halogenated alkanes) is 3. The van der Waals surface area contributed by atoms with Crippen LogP contribution in [0.25, 0.3) is 10.6 Å². The minimum absolute atomic E-state index is 0.0566. The number of aromatic nitrogens is 3. The van der Waals surface area contributed by atoms with Gasteiger partial charge in [0.25, 0.3) is 0 Å². The highest BCUT2D eigenvalue weighted by molar-refractivity contribution is 7.14. The van der Waals surface area contributed by atoms with Gasteiger partial charge in [0, 0.05) is 32.5 Å². The van der Waals surface area contributed by atoms with Crippen LogP contribution in [0, 0.1) is 5.82 Å². The van der Waals surface area contributed by atoms with E-state index >= 15 is 0 Å². The molecular weight excluding hydrogens is 519 g/mol. The number of benzene rings is 2. The summed E-state index contributed by atoms with van der Waals surface area (Å²) in [5.41, 5.74) is 4.61. The molecule has 0 bridgehead atoms. The molecule has 1 N–H and O–H groups in total. The largest absolute Gasteiger partial charge is 0.483 e. The smallest absolute Gasteiger partial charge is 0.234 e. The molecule has 2 aromatic carbocycles. The number of nitrogens with zero attached hydrogens (tertiary/aromatic N) is 3. The first-order valence-electron chi connectivity index (χ1n) is 12.7. The van der Waals surface area contributed by atoms with Crippen LogP contribution in [0.3, 0.4) is 0 Å². The van der Waals surface area contributed by atoms with E-state index < -0.39 is 5.43 Å². The molecule has 0 fully saturated rings. The predicted octanol–water partition coefficient (Wildman–Crippen LogP) is 5.18. The summed E-state index contributed by atoms with van der Waals surface area (Å²) in [4.78, 5) is 37.6. The molecule has 2 aromatic heterocycles. The van der Waals surface area contributed by atoms with Crippen LogP contribution in [-0.2, 0) is 17.8 Å². The molecule has 8 nitrogen and oxygen atoms in total. The van der Waals surface area contributed by atoms with Gasteiger partial charge in [-0.3, -0.25) is 14.3 Å². The molecule has 0 saturated carbocycles. The number of nitrogens with one attached hydrogen (secondary N) is 1. The lowest BCUT2D eigenvalue weighted by molar-refractivity contribution is -0.107. The van der Waals surface area contributed by atoms with Crippen LogP contribution in [0.15, 0.2) is 65.6 Å². The maximum absolute atomic E-state index is 13.7. The molecule has 39 heavy (non-hydrogen) atoms. The second-order valence-corrected chi connectivity index (χ2v) is 9.97. The number of carbonyl (C=O) groups is 2. The number of aldehydes is 1. The van der Waals surface area contributed by atoms with E-state index in [1.807, 2.05) is 30.3 Å². The molecule has 2 heterocycles. The van der Waals surface area contributed by atoms with Gasteiger partial charge in [-0.2, -0.15) is 0 Å². The second kappa shape index (κ2) is 13.6. The Hall–Kier alpha value is -4.18. The summed E-state index contributed by atoms with van der Waals surface area (Å²) in [6.45, 7) is 0.106. The molecular formula is C29H29FN4O4S. The third kappa shape index (κ3) is 7.23. The highest BCUT2D eigenvalue weighted by Gasteiger charge is 2.25. The molecule has 4 rings (SSSR count). The van der Waals surface area contributed by atoms with Gasteiger partial charge in [-0.05, 0) is 36.1 Å². The van der Waals surface area contributed by atoms with Gasteiger partial charge in [0.05, 0.1) is 5.56 Å². The van der Waals surface area contributed by atoms with Crippen molar-refractivity contribution in [3.8, 4) is 16.3 Å². The van der Waals surface area contributed by atoms with Crippen molar-refractivity contribution in [1.29, 1.82) is 0 Å². The molecule has 0 atom stereocenters. The number of carbonyl (C=O) groups excluding carboxylic acids is 2. The fraction of sp³-hybridized carbons (Fsp3) is 0.276. The average molecular weight is 549 g/mol. The topological polar surface area (TPSA) is 103 Å². The van der Waals surface area contributed by atoms with Gasteiger partial charge >= 0.3 is 0 Å². The van der Waals surface area contributed by atoms with Crippen LogP contribution in [0.5, 0.6) is 5.75 Å². The Morgan fingerprint density at radius 3 is 2.54 bits per heavy atom. The molecule has 0 unspecified atom stereocenters. The molecule has 0 aliphatic carbocycles. The molecule has 0 spiro atoms. The van der Waals surface area contributed by atoms with E-state index in [9.17, 15) is 18.8 Å². The Bertz CT molecular complexity index is 1470. The number of ketones is 1. The van der Waals surface area contributed by atoms with Crippen molar-refractivity contribution in [2.75, 3.05) is 12.5 Å². The fourth-order valence-electron chi connectivity index (χ4n) is 4.06. The fourth-order valence-corrected chi connectivity index (χ4v) is 4.94. The highest BCUT2D eigenvalue weighted by atomic mass is 32.1. The Balaban J connectivity index is 1.67. The zero-order chi connectivity index (χ0) is 27.6. The SMILES string of the molecule is CNn1cc(-c2nnc(Cc3ccc(F)cc3)s2)c(=O)c(OCc2ccccc2)c1C(=O)CCCCCC=O. The lowest BCUT2D eigenvalue weighted by atomic mass is 10.1. The first-order chi connectivity index (χ1) is 19.0. The Labute approximate surface area is 229 Å². The summed E-state index contributed by atoms with van der Waals surface area (Å²) in [6.07, 6.45) is 5.55. The normalized spacial score (nSPS) is 10.8. The number of hydrogen-bond donors (Lipinski definition) is 1. The van der Waals surface area contributed by atoms with Gasteiger partial charge in [-0.1, -0.05) is 60.2 Å². The molecule has 0 saturated heterocycles. The number of hydrogen-bond acceptors (Lipinski definition) is 8. The molecule has 10 heteroatoms. The third-order valence-corrected chi connectivity index (χ3v) is 7.04. The van der Waals surface area contributed by atoms with Crippen molar-refractivity contribution < 1.29 is 18.7 Å². The number of pyridine rings is 1. The zero-order valence-electron chi connectivity index (χ0n) is 21.6. The third-order valence-electron chi connectivity index (χ3n) is 6.09. The number of rotatable bonds is 14. The summed E-state index contributed by atoms with van der Waals surface area (Å²) in [5.74, 6) is -0.613. The van der Waals surface area contributed by atoms with Crippen LogP contribution in [0.1, 0.15) is 58.7 Å². The van der Waals surface area contributed by atoms with Crippen LogP contribution >= 0.6 is 11.3 Å². The highest BCUT2D eigenvalue weighted by Crippen LogP contribution is 2.27. The van der Waals surface area contributed by atoms with E-state index in [2.05, 4.69) is 15.6 Å². The van der Waals surface area contributed by atoms with Crippen molar-refractivity contribution in [3.63, 3.8) is 0 Å². The first-order valence-corrected chi connectivity index (χ1v) is 13.5. The Morgan fingerprint density at radius 1 is 1.05 bits per heavy atom. The maximum atomic E-state index is 13.7. The van der Waals surface area contributed by atoms with Crippen LogP contribution < -0.4 is 15.6 Å². The Morgan fingerprint density at radius 2 is 1.82 bits per heavy atom. The minimum Gasteiger partial charge on any atom is -0.483 e. The van der Waals surface area contributed by atoms with E-state index in [1.165, 1.54) is 28.1 Å². The van der Waals surface area contributed by atoms with Crippen molar-refractivity contribution in [3.05, 3.63) is 98.7 Å². The summed E-state index contributed by atoms with van der Waals surface area (Å²) in [6, 6.07) is 15.5. The number of ether oxygens (including phenoxy) is 1. The molecule has 0 amide bonds. The summed E-state index contributed by atoms with van der Waals surface area (Å²) in [5, 5.41) is 9.51. The maximum Gasteiger partial charge on any atom is 0.234 e. The van der Waals surface area contributed by atoms with E-state index in [0.717, 1.165) is 23.8 Å². The molecule has 0 aliphatic heterocycles. The first kappa shape index (κ1) is 27.8. The van der Waals surface area contributed by atoms with Crippen LogP contribution in [-0.4, -0.2) is 34.0 Å². The van der Waals surface area contributed by atoms with Crippen LogP contribution in [0.4, 0.5) is 4.39 Å². The quantitative estimate of drug-likeness (QED) is 0.132. The average Bonchev–Trinajstić information content (AvgIpc) is 3.41. The van der Waals surface area contributed by atoms with Gasteiger partial charge in [-0.15, -0.1) is 10.2 Å². The molecule has 0 aliphatic rings. The van der Waals surface area contributed by atoms with Crippen molar-refractivity contribution >= 4 is 23.4 Å². The van der Waals surface area contributed by atoms with Gasteiger partial charge in [0.1, 0.15) is 23.7 Å². The lowest BCUT2D eigenvalue weighted by Crippen LogP contribution is -2.26. The van der Waals surface area contributed by atoms with Gasteiger partial charge in [0.15, 0.2) is 22.2 Å². The molecule has 202 valence electrons. The Kier molecular flexibility index (Phi) is 9.69. The standard InChI is InChI=1S/C29H29FN4O4S/c1-31-34-18-23(29-33-32-25(39-29)17-20-12-14-22(30)15-13-20)27(37)28(38-19-21-9-5-4-6-10-21)26(34)24(36)11-7-2-3-8-16-35/h4-6,9-10,12-16,18,31H,2-3,7-8,11,17,19H2,1H3. The number of Topliss-reactive ketones (excluding diaryl/α,β-unsaturated/α-hetero) is 1. The molecule has 4 aromatic rings. The summed E-state index contributed by atoms with van der Waals surface area (Å²) >= 11 is 1.25. The minimum atomic E-state index is -0.453. The van der Waals surface area contributed by atoms with Gasteiger partial charge < -0.3 is 15.0 Å². The summed E-state index contributed by atoms with van der Waals surface area (Å²) in [7, 11) is 1.65. The van der Waals surface area contributed by atoms with E-state index in [-0.39, 0.29) is 41.6 Å². The van der Waals surface area contributed by atoms with E-state index in [0.29, 0.717) is 35.7 Å². The van der Waals surface area contributed by atoms with Crippen molar-refractivity contribution in [1.82, 2.24) is 14.9 Å². The zero-order valence-corrected chi connectivity index (χ0v) is 22.4. The summed E-state index contributed by atoms with van der Waals surface area (Å²) < 4.78 is 20.8. The van der Waals surface area contributed by atoms with Crippen molar-refractivity contribution in [2.24, 2.45) is 0 Å². The second-order valence-electron chi connectivity index (χ2n) is 8.91. The van der Waals surface area contributed by atoms with Crippen LogP contribution in [0.2, 0.25) is 0 Å². The van der Waals surface area contributed by atoms with Gasteiger partial charge in [0.2, 0.25) is 5.43 Å². The molecule has 0 radical (unpaired) electrons.